The highest BCUT2D eigenvalue weighted by Gasteiger charge is 2.16. The molecule has 0 radical (unpaired) electrons. The van der Waals surface area contributed by atoms with Crippen LogP contribution < -0.4 is 5.32 Å². The van der Waals surface area contributed by atoms with Crippen LogP contribution in [-0.2, 0) is 13.0 Å². The normalized spacial score (nSPS) is 11.7. The van der Waals surface area contributed by atoms with Gasteiger partial charge in [0.2, 0.25) is 0 Å². The molecule has 0 fully saturated rings. The first-order valence-corrected chi connectivity index (χ1v) is 6.63. The molecule has 0 amide bonds. The van der Waals surface area contributed by atoms with Crippen molar-refractivity contribution in [2.24, 2.45) is 5.92 Å². The van der Waals surface area contributed by atoms with Gasteiger partial charge in [-0.3, -0.25) is 0 Å². The second kappa shape index (κ2) is 5.70. The number of furan rings is 1. The first-order valence-electron chi connectivity index (χ1n) is 6.63. The molecular formula is C15H19F2NO. The smallest absolute Gasteiger partial charge is 0.170 e. The SMILES string of the molecule is CCc1c(CNCC(C)C)oc2c(F)cc(F)cc12. The summed E-state index contributed by atoms with van der Waals surface area (Å²) in [4.78, 5) is 0. The Morgan fingerprint density at radius 2 is 2.00 bits per heavy atom. The third-order valence-electron chi connectivity index (χ3n) is 3.09. The quantitative estimate of drug-likeness (QED) is 0.885. The molecule has 4 heteroatoms. The molecule has 0 bridgehead atoms. The molecule has 0 saturated heterocycles. The summed E-state index contributed by atoms with van der Waals surface area (Å²) in [7, 11) is 0. The van der Waals surface area contributed by atoms with Crippen molar-refractivity contribution in [2.75, 3.05) is 6.54 Å². The monoisotopic (exact) mass is 267 g/mol. The maximum absolute atomic E-state index is 13.7. The minimum absolute atomic E-state index is 0.152. The van der Waals surface area contributed by atoms with Gasteiger partial charge in [-0.1, -0.05) is 20.8 Å². The van der Waals surface area contributed by atoms with E-state index in [1.165, 1.54) is 6.07 Å². The van der Waals surface area contributed by atoms with Crippen molar-refractivity contribution < 1.29 is 13.2 Å². The van der Waals surface area contributed by atoms with E-state index in [1.807, 2.05) is 6.92 Å². The molecular weight excluding hydrogens is 248 g/mol. The number of fused-ring (bicyclic) bond motifs is 1. The van der Waals surface area contributed by atoms with Crippen molar-refractivity contribution in [2.45, 2.75) is 33.7 Å². The Labute approximate surface area is 111 Å². The number of halogens is 2. The molecule has 1 N–H and O–H groups in total. The lowest BCUT2D eigenvalue weighted by molar-refractivity contribution is 0.470. The Morgan fingerprint density at radius 3 is 2.63 bits per heavy atom. The molecule has 19 heavy (non-hydrogen) atoms. The van der Waals surface area contributed by atoms with Crippen LogP contribution in [0.15, 0.2) is 16.5 Å². The van der Waals surface area contributed by atoms with Gasteiger partial charge in [0.25, 0.3) is 0 Å². The van der Waals surface area contributed by atoms with Crippen molar-refractivity contribution in [1.82, 2.24) is 5.32 Å². The standard InChI is InChI=1S/C15H19F2NO/c1-4-11-12-5-10(16)6-13(17)15(12)19-14(11)8-18-7-9(2)3/h5-6,9,18H,4,7-8H2,1-3H3. The first kappa shape index (κ1) is 14.0. The lowest BCUT2D eigenvalue weighted by atomic mass is 10.1. The summed E-state index contributed by atoms with van der Waals surface area (Å²) in [5.74, 6) is 0.0216. The third-order valence-corrected chi connectivity index (χ3v) is 3.09. The third kappa shape index (κ3) is 2.95. The molecule has 2 aromatic rings. The highest BCUT2D eigenvalue weighted by Crippen LogP contribution is 2.29. The molecule has 0 unspecified atom stereocenters. The van der Waals surface area contributed by atoms with Gasteiger partial charge in [0.1, 0.15) is 11.6 Å². The number of aryl methyl sites for hydroxylation is 1. The van der Waals surface area contributed by atoms with Crippen LogP contribution >= 0.6 is 0 Å². The van der Waals surface area contributed by atoms with Crippen LogP contribution in [0.5, 0.6) is 0 Å². The van der Waals surface area contributed by atoms with Gasteiger partial charge in [0, 0.05) is 17.0 Å². The summed E-state index contributed by atoms with van der Waals surface area (Å²) in [6.45, 7) is 7.58. The Balaban J connectivity index is 2.36. The molecule has 2 nitrogen and oxygen atoms in total. The van der Waals surface area contributed by atoms with Crippen molar-refractivity contribution in [3.8, 4) is 0 Å². The average Bonchev–Trinajstić information content (AvgIpc) is 2.66. The van der Waals surface area contributed by atoms with Crippen LogP contribution in [0.3, 0.4) is 0 Å². The van der Waals surface area contributed by atoms with Crippen LogP contribution in [0.4, 0.5) is 8.78 Å². The van der Waals surface area contributed by atoms with Gasteiger partial charge in [-0.05, 0) is 24.9 Å². The fraction of sp³-hybridized carbons (Fsp3) is 0.467. The molecule has 104 valence electrons. The van der Waals surface area contributed by atoms with Gasteiger partial charge in [-0.25, -0.2) is 8.78 Å². The molecule has 0 aliphatic rings. The first-order chi connectivity index (χ1) is 9.02. The van der Waals surface area contributed by atoms with Gasteiger partial charge in [-0.2, -0.15) is 0 Å². The Bertz CT molecular complexity index is 575. The Morgan fingerprint density at radius 1 is 1.26 bits per heavy atom. The molecule has 2 rings (SSSR count). The predicted octanol–water partition coefficient (Wildman–Crippen LogP) is 4.02. The Hall–Kier alpha value is -1.42. The number of benzene rings is 1. The molecule has 0 aliphatic heterocycles. The summed E-state index contributed by atoms with van der Waals surface area (Å²) in [5.41, 5.74) is 1.03. The molecule has 0 spiro atoms. The van der Waals surface area contributed by atoms with Crippen LogP contribution in [0.2, 0.25) is 0 Å². The van der Waals surface area contributed by atoms with Gasteiger partial charge in [0.05, 0.1) is 6.54 Å². The van der Waals surface area contributed by atoms with E-state index in [1.54, 1.807) is 0 Å². The number of hydrogen-bond donors (Lipinski definition) is 1. The summed E-state index contributed by atoms with van der Waals surface area (Å²) in [6, 6.07) is 2.20. The fourth-order valence-electron chi connectivity index (χ4n) is 2.23. The minimum atomic E-state index is -0.639. The second-order valence-corrected chi connectivity index (χ2v) is 5.15. The molecule has 1 aromatic carbocycles. The van der Waals surface area contributed by atoms with E-state index in [0.29, 0.717) is 30.0 Å². The largest absolute Gasteiger partial charge is 0.456 e. The number of rotatable bonds is 5. The van der Waals surface area contributed by atoms with E-state index in [0.717, 1.165) is 18.2 Å². The van der Waals surface area contributed by atoms with E-state index >= 15 is 0 Å². The Kier molecular flexibility index (Phi) is 4.20. The zero-order chi connectivity index (χ0) is 14.0. The van der Waals surface area contributed by atoms with Gasteiger partial charge in [-0.15, -0.1) is 0 Å². The fourth-order valence-corrected chi connectivity index (χ4v) is 2.23. The van der Waals surface area contributed by atoms with E-state index in [2.05, 4.69) is 19.2 Å². The van der Waals surface area contributed by atoms with Gasteiger partial charge >= 0.3 is 0 Å². The maximum atomic E-state index is 13.7. The molecule has 1 heterocycles. The lowest BCUT2D eigenvalue weighted by Crippen LogP contribution is -2.19. The highest BCUT2D eigenvalue weighted by atomic mass is 19.1. The number of nitrogens with one attached hydrogen (secondary N) is 1. The second-order valence-electron chi connectivity index (χ2n) is 5.15. The van der Waals surface area contributed by atoms with Crippen LogP contribution in [0.25, 0.3) is 11.0 Å². The van der Waals surface area contributed by atoms with Gasteiger partial charge < -0.3 is 9.73 Å². The summed E-state index contributed by atoms with van der Waals surface area (Å²) in [6.07, 6.45) is 0.689. The van der Waals surface area contributed by atoms with E-state index < -0.39 is 11.6 Å². The van der Waals surface area contributed by atoms with E-state index in [4.69, 9.17) is 4.42 Å². The van der Waals surface area contributed by atoms with Crippen molar-refractivity contribution >= 4 is 11.0 Å². The van der Waals surface area contributed by atoms with Crippen LogP contribution in [-0.4, -0.2) is 6.54 Å². The van der Waals surface area contributed by atoms with Crippen LogP contribution in [0.1, 0.15) is 32.1 Å². The highest BCUT2D eigenvalue weighted by molar-refractivity contribution is 5.82. The lowest BCUT2D eigenvalue weighted by Gasteiger charge is -2.06. The van der Waals surface area contributed by atoms with Gasteiger partial charge in [0.15, 0.2) is 11.4 Å². The summed E-state index contributed by atoms with van der Waals surface area (Å²) >= 11 is 0. The minimum Gasteiger partial charge on any atom is -0.456 e. The molecule has 0 saturated carbocycles. The van der Waals surface area contributed by atoms with E-state index in [-0.39, 0.29) is 5.58 Å². The molecule has 0 atom stereocenters. The predicted molar refractivity (Wildman–Crippen MR) is 72.1 cm³/mol. The van der Waals surface area contributed by atoms with Crippen molar-refractivity contribution in [1.29, 1.82) is 0 Å². The maximum Gasteiger partial charge on any atom is 0.170 e. The summed E-state index contributed by atoms with van der Waals surface area (Å²) in [5, 5.41) is 3.80. The van der Waals surface area contributed by atoms with Crippen LogP contribution in [0, 0.1) is 17.6 Å². The molecule has 1 aromatic heterocycles. The topological polar surface area (TPSA) is 25.2 Å². The zero-order valence-corrected chi connectivity index (χ0v) is 11.5. The summed E-state index contributed by atoms with van der Waals surface area (Å²) < 4.78 is 32.5. The average molecular weight is 267 g/mol. The zero-order valence-electron chi connectivity index (χ0n) is 11.5. The number of hydrogen-bond acceptors (Lipinski definition) is 2. The van der Waals surface area contributed by atoms with Crippen molar-refractivity contribution in [3.63, 3.8) is 0 Å². The van der Waals surface area contributed by atoms with Crippen molar-refractivity contribution in [3.05, 3.63) is 35.1 Å². The van der Waals surface area contributed by atoms with E-state index in [9.17, 15) is 8.78 Å². The molecule has 0 aliphatic carbocycles.